The van der Waals surface area contributed by atoms with Crippen LogP contribution in [0.3, 0.4) is 0 Å². The van der Waals surface area contributed by atoms with Crippen LogP contribution in [0.2, 0.25) is 0 Å². The number of piperazine rings is 1. The summed E-state index contributed by atoms with van der Waals surface area (Å²) in [7, 11) is 0. The maximum Gasteiger partial charge on any atom is 0.241 e. The molecule has 1 unspecified atom stereocenters. The quantitative estimate of drug-likeness (QED) is 0.792. The van der Waals surface area contributed by atoms with Gasteiger partial charge in [-0.1, -0.05) is 18.2 Å². The van der Waals surface area contributed by atoms with Crippen LogP contribution in [0, 0.1) is 0 Å². The van der Waals surface area contributed by atoms with Crippen LogP contribution in [0.25, 0.3) is 0 Å². The molecule has 2 amide bonds. The number of hydrogen-bond acceptors (Lipinski definition) is 4. The number of nitrogens with one attached hydrogen (secondary N) is 1. The van der Waals surface area contributed by atoms with E-state index in [1.807, 2.05) is 28.0 Å². The topological polar surface area (TPSA) is 55.9 Å². The molecule has 0 bridgehead atoms. The highest BCUT2D eigenvalue weighted by molar-refractivity contribution is 5.96. The first-order valence-electron chi connectivity index (χ1n) is 9.82. The van der Waals surface area contributed by atoms with Gasteiger partial charge in [-0.25, -0.2) is 0 Å². The van der Waals surface area contributed by atoms with Gasteiger partial charge in [0.05, 0.1) is 6.54 Å². The first kappa shape index (κ1) is 22.9. The summed E-state index contributed by atoms with van der Waals surface area (Å²) in [5.41, 5.74) is 2.33. The number of amides is 2. The first-order valence-corrected chi connectivity index (χ1v) is 9.82. The van der Waals surface area contributed by atoms with Crippen LogP contribution in [0.4, 0.5) is 5.69 Å². The number of benzene rings is 1. The molecule has 0 radical (unpaired) electrons. The van der Waals surface area contributed by atoms with Gasteiger partial charge in [-0.3, -0.25) is 14.5 Å². The predicted octanol–water partition coefficient (Wildman–Crippen LogP) is 1.71. The molecule has 1 aromatic rings. The first-order chi connectivity index (χ1) is 12.7. The number of halogens is 2. The molecule has 0 saturated carbocycles. The molecule has 1 aromatic carbocycles. The van der Waals surface area contributed by atoms with Gasteiger partial charge in [0.25, 0.3) is 0 Å². The zero-order valence-electron chi connectivity index (χ0n) is 16.1. The fraction of sp³-hybridized carbons (Fsp3) is 0.600. The Bertz CT molecular complexity index is 674. The Balaban J connectivity index is 0.00000140. The Morgan fingerprint density at radius 3 is 2.46 bits per heavy atom. The second-order valence-electron chi connectivity index (χ2n) is 7.58. The van der Waals surface area contributed by atoms with E-state index in [2.05, 4.69) is 16.3 Å². The van der Waals surface area contributed by atoms with Crippen molar-refractivity contribution in [3.05, 3.63) is 29.8 Å². The van der Waals surface area contributed by atoms with Gasteiger partial charge in [0, 0.05) is 50.9 Å². The monoisotopic (exact) mass is 428 g/mol. The molecule has 1 atom stereocenters. The fourth-order valence-corrected chi connectivity index (χ4v) is 4.30. The number of carbonyl (C=O) groups excluding carboxylic acids is 2. The van der Waals surface area contributed by atoms with Crippen molar-refractivity contribution >= 4 is 42.3 Å². The van der Waals surface area contributed by atoms with Gasteiger partial charge in [-0.15, -0.1) is 24.8 Å². The van der Waals surface area contributed by atoms with Crippen LogP contribution in [0.5, 0.6) is 0 Å². The Morgan fingerprint density at radius 2 is 1.75 bits per heavy atom. The number of carbonyl (C=O) groups is 2. The number of rotatable bonds is 4. The average molecular weight is 429 g/mol. The van der Waals surface area contributed by atoms with Crippen molar-refractivity contribution in [2.45, 2.75) is 31.7 Å². The van der Waals surface area contributed by atoms with Crippen molar-refractivity contribution < 1.29 is 9.59 Å². The second-order valence-corrected chi connectivity index (χ2v) is 7.58. The molecule has 2 fully saturated rings. The van der Waals surface area contributed by atoms with E-state index >= 15 is 0 Å². The van der Waals surface area contributed by atoms with E-state index in [4.69, 9.17) is 0 Å². The third kappa shape index (κ3) is 5.17. The maximum absolute atomic E-state index is 12.7. The molecule has 1 N–H and O–H groups in total. The Kier molecular flexibility index (Phi) is 8.56. The van der Waals surface area contributed by atoms with Crippen LogP contribution < -0.4 is 10.2 Å². The maximum atomic E-state index is 12.7. The van der Waals surface area contributed by atoms with Crippen LogP contribution in [0.1, 0.15) is 24.8 Å². The van der Waals surface area contributed by atoms with Gasteiger partial charge >= 0.3 is 0 Å². The molecule has 0 spiro atoms. The highest BCUT2D eigenvalue weighted by Gasteiger charge is 2.28. The van der Waals surface area contributed by atoms with E-state index in [9.17, 15) is 9.59 Å². The third-order valence-electron chi connectivity index (χ3n) is 5.86. The summed E-state index contributed by atoms with van der Waals surface area (Å²) in [5, 5.41) is 3.39. The second kappa shape index (κ2) is 10.4. The summed E-state index contributed by atoms with van der Waals surface area (Å²) in [4.78, 5) is 31.2. The van der Waals surface area contributed by atoms with Gasteiger partial charge in [-0.05, 0) is 37.4 Å². The highest BCUT2D eigenvalue weighted by Crippen LogP contribution is 2.27. The lowest BCUT2D eigenvalue weighted by Crippen LogP contribution is -2.52. The van der Waals surface area contributed by atoms with Crippen molar-refractivity contribution in [1.29, 1.82) is 0 Å². The highest BCUT2D eigenvalue weighted by atomic mass is 35.5. The summed E-state index contributed by atoms with van der Waals surface area (Å²) in [5.74, 6) is 0.425. The molecule has 3 heterocycles. The summed E-state index contributed by atoms with van der Waals surface area (Å²) in [6.07, 6.45) is 3.84. The predicted molar refractivity (Wildman–Crippen MR) is 116 cm³/mol. The Hall–Kier alpha value is -1.34. The molecule has 4 rings (SSSR count). The lowest BCUT2D eigenvalue weighted by Gasteiger charge is -2.35. The van der Waals surface area contributed by atoms with E-state index in [1.165, 1.54) is 12.0 Å². The lowest BCUT2D eigenvalue weighted by atomic mass is 10.1. The minimum atomic E-state index is 0. The van der Waals surface area contributed by atoms with Gasteiger partial charge in [0.2, 0.25) is 11.8 Å². The molecule has 8 heteroatoms. The molecular formula is C20H30Cl2N4O2. The van der Waals surface area contributed by atoms with Gasteiger partial charge in [-0.2, -0.15) is 0 Å². The number of para-hydroxylation sites is 1. The van der Waals surface area contributed by atoms with Gasteiger partial charge in [0.1, 0.15) is 0 Å². The molecule has 6 nitrogen and oxygen atoms in total. The number of fused-ring (bicyclic) bond motifs is 1. The van der Waals surface area contributed by atoms with Crippen molar-refractivity contribution in [1.82, 2.24) is 15.1 Å². The molecule has 0 aromatic heterocycles. The van der Waals surface area contributed by atoms with E-state index in [0.29, 0.717) is 19.0 Å². The molecule has 2 saturated heterocycles. The summed E-state index contributed by atoms with van der Waals surface area (Å²) < 4.78 is 0. The molecule has 3 aliphatic heterocycles. The third-order valence-corrected chi connectivity index (χ3v) is 5.86. The standard InChI is InChI=1S/C20H28N4O2.2ClH/c25-19(14-17-5-3-8-21-17)23-12-10-22(11-13-23)15-20(26)24-9-7-16-4-1-2-6-18(16)24;;/h1-2,4,6,17,21H,3,5,7-15H2;2*1H. The van der Waals surface area contributed by atoms with E-state index < -0.39 is 0 Å². The van der Waals surface area contributed by atoms with Crippen molar-refractivity contribution in [2.24, 2.45) is 0 Å². The molecule has 0 aliphatic carbocycles. The van der Waals surface area contributed by atoms with Gasteiger partial charge in [0.15, 0.2) is 0 Å². The Labute approximate surface area is 179 Å². The minimum absolute atomic E-state index is 0. The zero-order chi connectivity index (χ0) is 17.9. The molecule has 3 aliphatic rings. The average Bonchev–Trinajstić information content (AvgIpc) is 3.31. The van der Waals surface area contributed by atoms with E-state index in [0.717, 1.165) is 57.8 Å². The Morgan fingerprint density at radius 1 is 1.00 bits per heavy atom. The number of nitrogens with zero attached hydrogens (tertiary/aromatic N) is 3. The largest absolute Gasteiger partial charge is 0.340 e. The zero-order valence-corrected chi connectivity index (χ0v) is 17.8. The van der Waals surface area contributed by atoms with E-state index in [-0.39, 0.29) is 36.6 Å². The summed E-state index contributed by atoms with van der Waals surface area (Å²) in [6.45, 7) is 5.29. The molecule has 28 heavy (non-hydrogen) atoms. The summed E-state index contributed by atoms with van der Waals surface area (Å²) in [6, 6.07) is 8.52. The number of anilines is 1. The normalized spacial score (nSPS) is 21.6. The lowest BCUT2D eigenvalue weighted by molar-refractivity contribution is -0.133. The molecular weight excluding hydrogens is 399 g/mol. The van der Waals surface area contributed by atoms with Crippen molar-refractivity contribution in [3.63, 3.8) is 0 Å². The SMILES string of the molecule is Cl.Cl.O=C(CC1CCCN1)N1CCN(CC(=O)N2CCc3ccccc32)CC1. The summed E-state index contributed by atoms with van der Waals surface area (Å²) >= 11 is 0. The van der Waals surface area contributed by atoms with Crippen molar-refractivity contribution in [3.8, 4) is 0 Å². The van der Waals surface area contributed by atoms with Gasteiger partial charge < -0.3 is 15.1 Å². The minimum Gasteiger partial charge on any atom is -0.340 e. The van der Waals surface area contributed by atoms with Crippen LogP contribution >= 0.6 is 24.8 Å². The van der Waals surface area contributed by atoms with Crippen LogP contribution in [0.15, 0.2) is 24.3 Å². The van der Waals surface area contributed by atoms with E-state index in [1.54, 1.807) is 0 Å². The van der Waals surface area contributed by atoms with Crippen molar-refractivity contribution in [2.75, 3.05) is 50.7 Å². The fourth-order valence-electron chi connectivity index (χ4n) is 4.30. The number of hydrogen-bond donors (Lipinski definition) is 1. The van der Waals surface area contributed by atoms with Crippen LogP contribution in [-0.2, 0) is 16.0 Å². The molecule has 156 valence electrons. The smallest absolute Gasteiger partial charge is 0.241 e. The van der Waals surface area contributed by atoms with Crippen LogP contribution in [-0.4, -0.2) is 73.5 Å².